The van der Waals surface area contributed by atoms with Crippen LogP contribution in [0.4, 0.5) is 0 Å². The first-order valence-electron chi connectivity index (χ1n) is 7.45. The van der Waals surface area contributed by atoms with Crippen LogP contribution in [0, 0.1) is 0 Å². The standard InChI is InChI=1S/C15H19N5/c1-2-8-15-14(7-1)16-17-20(15)19-11-5-6-13(19)12-18-9-3-4-10-18/h1-2,7-8,12H,3-6,9-11H2/b13-12-. The highest BCUT2D eigenvalue weighted by Gasteiger charge is 2.22. The molecular weight excluding hydrogens is 250 g/mol. The van der Waals surface area contributed by atoms with Gasteiger partial charge in [0.05, 0.1) is 5.70 Å². The molecule has 4 rings (SSSR count). The van der Waals surface area contributed by atoms with Gasteiger partial charge >= 0.3 is 0 Å². The summed E-state index contributed by atoms with van der Waals surface area (Å²) in [6, 6.07) is 8.15. The average molecular weight is 269 g/mol. The van der Waals surface area contributed by atoms with Gasteiger partial charge in [-0.1, -0.05) is 12.1 Å². The molecule has 0 aliphatic carbocycles. The van der Waals surface area contributed by atoms with Crippen molar-refractivity contribution in [1.82, 2.24) is 20.0 Å². The van der Waals surface area contributed by atoms with Gasteiger partial charge in [-0.05, 0) is 43.0 Å². The predicted molar refractivity (Wildman–Crippen MR) is 78.7 cm³/mol. The second-order valence-corrected chi connectivity index (χ2v) is 5.56. The summed E-state index contributed by atoms with van der Waals surface area (Å²) in [6.45, 7) is 3.40. The Balaban J connectivity index is 1.69. The van der Waals surface area contributed by atoms with E-state index in [0.717, 1.165) is 24.0 Å². The first-order valence-corrected chi connectivity index (χ1v) is 7.45. The number of hydrogen-bond acceptors (Lipinski definition) is 4. The largest absolute Gasteiger partial charge is 0.376 e. The van der Waals surface area contributed by atoms with E-state index in [0.29, 0.717) is 0 Å². The van der Waals surface area contributed by atoms with Crippen molar-refractivity contribution < 1.29 is 0 Å². The second kappa shape index (κ2) is 4.81. The minimum atomic E-state index is 0.958. The summed E-state index contributed by atoms with van der Waals surface area (Å²) in [7, 11) is 0. The molecule has 1 aromatic carbocycles. The summed E-state index contributed by atoms with van der Waals surface area (Å²) >= 11 is 0. The van der Waals surface area contributed by atoms with E-state index < -0.39 is 0 Å². The van der Waals surface area contributed by atoms with Crippen molar-refractivity contribution in [2.45, 2.75) is 25.7 Å². The lowest BCUT2D eigenvalue weighted by Crippen LogP contribution is -2.32. The molecule has 0 spiro atoms. The summed E-state index contributed by atoms with van der Waals surface area (Å²) in [6.07, 6.45) is 7.28. The zero-order chi connectivity index (χ0) is 13.4. The van der Waals surface area contributed by atoms with Crippen molar-refractivity contribution in [3.05, 3.63) is 36.2 Å². The molecule has 2 saturated heterocycles. The highest BCUT2D eigenvalue weighted by atomic mass is 15.7. The van der Waals surface area contributed by atoms with E-state index in [4.69, 9.17) is 0 Å². The van der Waals surface area contributed by atoms with Crippen molar-refractivity contribution in [3.63, 3.8) is 0 Å². The van der Waals surface area contributed by atoms with E-state index in [9.17, 15) is 0 Å². The molecule has 3 heterocycles. The van der Waals surface area contributed by atoms with Crippen LogP contribution in [0.25, 0.3) is 11.0 Å². The Kier molecular flexibility index (Phi) is 2.83. The van der Waals surface area contributed by atoms with Crippen LogP contribution in [0.15, 0.2) is 36.2 Å². The van der Waals surface area contributed by atoms with Crippen LogP contribution >= 0.6 is 0 Å². The van der Waals surface area contributed by atoms with Crippen LogP contribution in [0.3, 0.4) is 0 Å². The predicted octanol–water partition coefficient (Wildman–Crippen LogP) is 2.10. The maximum absolute atomic E-state index is 4.34. The fourth-order valence-electron chi connectivity index (χ4n) is 3.15. The van der Waals surface area contributed by atoms with Gasteiger partial charge in [-0.2, -0.15) is 4.79 Å². The Morgan fingerprint density at radius 3 is 2.75 bits per heavy atom. The monoisotopic (exact) mass is 269 g/mol. The molecule has 2 aliphatic heterocycles. The van der Waals surface area contributed by atoms with Gasteiger partial charge < -0.3 is 4.90 Å². The van der Waals surface area contributed by atoms with Crippen molar-refractivity contribution in [3.8, 4) is 0 Å². The summed E-state index contributed by atoms with van der Waals surface area (Å²) < 4.78 is 0. The Morgan fingerprint density at radius 2 is 1.85 bits per heavy atom. The van der Waals surface area contributed by atoms with Gasteiger partial charge in [0.25, 0.3) is 0 Å². The Labute approximate surface area is 118 Å². The third-order valence-corrected chi connectivity index (χ3v) is 4.17. The minimum absolute atomic E-state index is 0.958. The van der Waals surface area contributed by atoms with Gasteiger partial charge in [-0.3, -0.25) is 5.01 Å². The SMILES string of the molecule is C(=C1\CCCN1n1nnc2ccccc21)/N1CCCC1. The molecule has 2 aliphatic rings. The number of para-hydroxylation sites is 1. The molecule has 0 bridgehead atoms. The molecule has 0 amide bonds. The maximum atomic E-state index is 4.34. The molecule has 0 atom stereocenters. The van der Waals surface area contributed by atoms with Gasteiger partial charge in [0.2, 0.25) is 0 Å². The number of likely N-dealkylation sites (tertiary alicyclic amines) is 1. The fraction of sp³-hybridized carbons (Fsp3) is 0.467. The van der Waals surface area contributed by atoms with E-state index >= 15 is 0 Å². The number of aromatic nitrogens is 3. The molecule has 2 aromatic rings. The van der Waals surface area contributed by atoms with E-state index in [1.54, 1.807) is 0 Å². The molecule has 5 nitrogen and oxygen atoms in total. The summed E-state index contributed by atoms with van der Waals surface area (Å²) in [4.78, 5) is 4.40. The van der Waals surface area contributed by atoms with Gasteiger partial charge in [0, 0.05) is 25.8 Å². The van der Waals surface area contributed by atoms with Crippen LogP contribution in [0.5, 0.6) is 0 Å². The van der Waals surface area contributed by atoms with E-state index in [1.165, 1.54) is 38.0 Å². The molecule has 0 N–H and O–H groups in total. The molecule has 2 fully saturated rings. The lowest BCUT2D eigenvalue weighted by molar-refractivity contribution is 0.458. The van der Waals surface area contributed by atoms with E-state index in [2.05, 4.69) is 32.5 Å². The van der Waals surface area contributed by atoms with E-state index in [1.807, 2.05) is 23.0 Å². The second-order valence-electron chi connectivity index (χ2n) is 5.56. The highest BCUT2D eigenvalue weighted by Crippen LogP contribution is 2.23. The van der Waals surface area contributed by atoms with Crippen LogP contribution in [0.2, 0.25) is 0 Å². The Morgan fingerprint density at radius 1 is 1.00 bits per heavy atom. The Hall–Kier alpha value is -2.04. The average Bonchev–Trinajstić information content (AvgIpc) is 3.19. The van der Waals surface area contributed by atoms with Crippen LogP contribution in [0.1, 0.15) is 25.7 Å². The summed E-state index contributed by atoms with van der Waals surface area (Å²) in [5.74, 6) is 0. The first-order chi connectivity index (χ1) is 9.92. The van der Waals surface area contributed by atoms with Gasteiger partial charge in [-0.25, -0.2) is 0 Å². The minimum Gasteiger partial charge on any atom is -0.376 e. The van der Waals surface area contributed by atoms with Crippen LogP contribution < -0.4 is 5.01 Å². The zero-order valence-corrected chi connectivity index (χ0v) is 11.6. The van der Waals surface area contributed by atoms with Gasteiger partial charge in [-0.15, -0.1) is 5.10 Å². The normalized spacial score (nSPS) is 21.5. The van der Waals surface area contributed by atoms with Crippen LogP contribution in [-0.4, -0.2) is 39.6 Å². The van der Waals surface area contributed by atoms with Crippen molar-refractivity contribution in [1.29, 1.82) is 0 Å². The number of fused-ring (bicyclic) bond motifs is 1. The third kappa shape index (κ3) is 1.94. The molecule has 1 aromatic heterocycles. The van der Waals surface area contributed by atoms with Gasteiger partial charge in [0.1, 0.15) is 11.0 Å². The maximum Gasteiger partial charge on any atom is 0.115 e. The third-order valence-electron chi connectivity index (χ3n) is 4.17. The smallest absolute Gasteiger partial charge is 0.115 e. The zero-order valence-electron chi connectivity index (χ0n) is 11.6. The molecule has 0 unspecified atom stereocenters. The summed E-state index contributed by atoms with van der Waals surface area (Å²) in [5.41, 5.74) is 3.41. The van der Waals surface area contributed by atoms with Crippen LogP contribution in [-0.2, 0) is 0 Å². The number of benzene rings is 1. The molecular formula is C15H19N5. The van der Waals surface area contributed by atoms with Crippen molar-refractivity contribution in [2.24, 2.45) is 0 Å². The molecule has 104 valence electrons. The first kappa shape index (κ1) is 11.8. The van der Waals surface area contributed by atoms with E-state index in [-0.39, 0.29) is 0 Å². The molecule has 5 heteroatoms. The van der Waals surface area contributed by atoms with Crippen molar-refractivity contribution >= 4 is 11.0 Å². The van der Waals surface area contributed by atoms with Crippen molar-refractivity contribution in [2.75, 3.05) is 24.6 Å². The Bertz CT molecular complexity index is 639. The number of hydrogen-bond donors (Lipinski definition) is 0. The topological polar surface area (TPSA) is 37.2 Å². The number of nitrogens with zero attached hydrogens (tertiary/aromatic N) is 5. The molecule has 0 radical (unpaired) electrons. The van der Waals surface area contributed by atoms with Gasteiger partial charge in [0.15, 0.2) is 0 Å². The lowest BCUT2D eigenvalue weighted by Gasteiger charge is -2.22. The number of allylic oxidation sites excluding steroid dienone is 1. The highest BCUT2D eigenvalue weighted by molar-refractivity contribution is 5.74. The molecule has 0 saturated carbocycles. The quantitative estimate of drug-likeness (QED) is 0.836. The number of rotatable bonds is 2. The summed E-state index contributed by atoms with van der Waals surface area (Å²) in [5, 5.41) is 10.9. The molecule has 20 heavy (non-hydrogen) atoms. The fourth-order valence-corrected chi connectivity index (χ4v) is 3.15. The lowest BCUT2D eigenvalue weighted by atomic mass is 10.3.